The van der Waals surface area contributed by atoms with Gasteiger partial charge in [-0.3, -0.25) is 0 Å². The molecular weight excluding hydrogens is 358 g/mol. The Bertz CT molecular complexity index is 790. The average Bonchev–Trinajstić information content (AvgIpc) is 2.67. The second-order valence-electron chi connectivity index (χ2n) is 5.16. The van der Waals surface area contributed by atoms with Crippen molar-refractivity contribution in [3.8, 4) is 0 Å². The topological polar surface area (TPSA) is 101 Å². The van der Waals surface area contributed by atoms with E-state index in [0.29, 0.717) is 5.71 Å². The van der Waals surface area contributed by atoms with Crippen molar-refractivity contribution in [3.63, 3.8) is 0 Å². The van der Waals surface area contributed by atoms with Crippen molar-refractivity contribution in [1.82, 2.24) is 0 Å². The smallest absolute Gasteiger partial charge is 0.211 e. The Morgan fingerprint density at radius 1 is 0.778 bits per heavy atom. The van der Waals surface area contributed by atoms with E-state index in [-0.39, 0.29) is 18.4 Å². The van der Waals surface area contributed by atoms with Gasteiger partial charge < -0.3 is 16.9 Å². The Balaban J connectivity index is 0.000000504. The largest absolute Gasteiger partial charge is 0.369 e. The zero-order valence-electron chi connectivity index (χ0n) is 15.5. The van der Waals surface area contributed by atoms with Crippen molar-refractivity contribution in [3.05, 3.63) is 96.1 Å². The summed E-state index contributed by atoms with van der Waals surface area (Å²) >= 11 is 0. The number of benzene rings is 2. The highest BCUT2D eigenvalue weighted by Gasteiger charge is 1.97. The second kappa shape index (κ2) is 14.0. The first-order valence-electron chi connectivity index (χ1n) is 8.19. The molecule has 2 aromatic rings. The number of nitrogens with zero attached hydrogens (tertiary/aromatic N) is 2. The Morgan fingerprint density at radius 3 is 1.70 bits per heavy atom. The lowest BCUT2D eigenvalue weighted by molar-refractivity contribution is 1.20. The normalized spacial score (nSPS) is 10.7. The third-order valence-electron chi connectivity index (χ3n) is 3.09. The van der Waals surface area contributed by atoms with Crippen LogP contribution in [-0.2, 0) is 0 Å². The lowest BCUT2D eigenvalue weighted by Gasteiger charge is -1.98. The summed E-state index contributed by atoms with van der Waals surface area (Å²) in [6.07, 6.45) is 7.39. The minimum Gasteiger partial charge on any atom is -0.369 e. The van der Waals surface area contributed by atoms with Crippen LogP contribution < -0.4 is 11.5 Å². The number of hydrogen-bond acceptors (Lipinski definition) is 3. The van der Waals surface area contributed by atoms with Crippen molar-refractivity contribution in [2.24, 2.45) is 21.7 Å². The fraction of sp³-hybridized carbons (Fsp3) is 0.0952. The first-order valence-corrected chi connectivity index (χ1v) is 8.19. The molecule has 0 saturated carbocycles. The van der Waals surface area contributed by atoms with Gasteiger partial charge in [0.05, 0.1) is 11.4 Å². The van der Waals surface area contributed by atoms with Crippen LogP contribution in [0.25, 0.3) is 0 Å². The van der Waals surface area contributed by atoms with Crippen LogP contribution in [0.1, 0.15) is 25.0 Å². The molecule has 0 amide bonds. The van der Waals surface area contributed by atoms with Crippen molar-refractivity contribution in [2.75, 3.05) is 0 Å². The summed E-state index contributed by atoms with van der Waals surface area (Å²) in [5.74, 6) is -0.0482. The van der Waals surface area contributed by atoms with Crippen LogP contribution in [0.4, 0.5) is 0 Å². The molecule has 0 heterocycles. The Labute approximate surface area is 167 Å². The minimum atomic E-state index is -0.0482. The predicted octanol–water partition coefficient (Wildman–Crippen LogP) is 4.29. The molecule has 0 aliphatic carbocycles. The van der Waals surface area contributed by atoms with Gasteiger partial charge in [0.15, 0.2) is 0 Å². The molecule has 6 heteroatoms. The van der Waals surface area contributed by atoms with E-state index in [4.69, 9.17) is 16.9 Å². The number of rotatable bonds is 5. The molecule has 5 nitrogen and oxygen atoms in total. The maximum atomic E-state index is 7.54. The van der Waals surface area contributed by atoms with Crippen molar-refractivity contribution in [2.45, 2.75) is 13.8 Å². The van der Waals surface area contributed by atoms with Crippen LogP contribution in [0.15, 0.2) is 95.2 Å². The van der Waals surface area contributed by atoms with Gasteiger partial charge in [-0.2, -0.15) is 0 Å². The van der Waals surface area contributed by atoms with Crippen LogP contribution in [0.2, 0.25) is 0 Å². The second-order valence-corrected chi connectivity index (χ2v) is 5.16. The lowest BCUT2D eigenvalue weighted by Crippen LogP contribution is -2.22. The van der Waals surface area contributed by atoms with Crippen molar-refractivity contribution < 1.29 is 0 Å². The summed E-state index contributed by atoms with van der Waals surface area (Å²) in [6.45, 7) is 3.82. The highest BCUT2D eigenvalue weighted by molar-refractivity contribution is 6.08. The fourth-order valence-corrected chi connectivity index (χ4v) is 1.95. The molecule has 0 unspecified atom stereocenters. The summed E-state index contributed by atoms with van der Waals surface area (Å²) in [6, 6.07) is 19.4. The zero-order chi connectivity index (χ0) is 19.2. The molecule has 0 saturated heterocycles. The number of allylic oxidation sites excluding steroid dienone is 4. The summed E-state index contributed by atoms with van der Waals surface area (Å²) in [7, 11) is 0. The monoisotopic (exact) mass is 383 g/mol. The van der Waals surface area contributed by atoms with Gasteiger partial charge >= 0.3 is 0 Å². The first-order chi connectivity index (χ1) is 12.6. The van der Waals surface area contributed by atoms with Gasteiger partial charge in [0.2, 0.25) is 5.96 Å². The molecule has 27 heavy (non-hydrogen) atoms. The number of halogens is 1. The quantitative estimate of drug-likeness (QED) is 0.407. The fourth-order valence-electron chi connectivity index (χ4n) is 1.95. The van der Waals surface area contributed by atoms with Gasteiger partial charge in [-0.25, -0.2) is 0 Å². The highest BCUT2D eigenvalue weighted by Crippen LogP contribution is 2.03. The average molecular weight is 384 g/mol. The number of nitrogens with two attached hydrogens (primary N) is 2. The lowest BCUT2D eigenvalue weighted by atomic mass is 10.1. The number of nitrogens with one attached hydrogen (secondary N) is 1. The molecule has 2 rings (SSSR count). The molecular formula is C21H26ClN5. The third kappa shape index (κ3) is 9.77. The van der Waals surface area contributed by atoms with Crippen LogP contribution in [0.5, 0.6) is 0 Å². The van der Waals surface area contributed by atoms with Gasteiger partial charge in [-0.15, -0.1) is 22.6 Å². The van der Waals surface area contributed by atoms with Crippen molar-refractivity contribution >= 4 is 29.8 Å². The van der Waals surface area contributed by atoms with Crippen LogP contribution in [0.3, 0.4) is 0 Å². The molecule has 0 aliphatic rings. The number of hydrogen-bond donors (Lipinski definition) is 3. The van der Waals surface area contributed by atoms with Crippen LogP contribution >= 0.6 is 12.4 Å². The molecule has 0 radical (unpaired) electrons. The Kier molecular flexibility index (Phi) is 12.4. The molecule has 0 aromatic heterocycles. The maximum Gasteiger partial charge on any atom is 0.211 e. The molecule has 0 fully saturated rings. The molecule has 0 spiro atoms. The SMILES string of the molecule is C/C=C/C(=N)c1ccccc1.C/C=C/C(=N\N=C(N)N)c1ccccc1.Cl. The Morgan fingerprint density at radius 2 is 1.26 bits per heavy atom. The minimum absolute atomic E-state index is 0. The van der Waals surface area contributed by atoms with Gasteiger partial charge in [0.1, 0.15) is 0 Å². The van der Waals surface area contributed by atoms with Gasteiger partial charge in [-0.05, 0) is 31.6 Å². The van der Waals surface area contributed by atoms with Crippen LogP contribution in [-0.4, -0.2) is 17.4 Å². The Hall–Kier alpha value is -3.18. The number of guanidine groups is 1. The molecule has 5 N–H and O–H groups in total. The van der Waals surface area contributed by atoms with E-state index in [9.17, 15) is 0 Å². The summed E-state index contributed by atoms with van der Waals surface area (Å²) < 4.78 is 0. The summed E-state index contributed by atoms with van der Waals surface area (Å²) in [4.78, 5) is 0. The van der Waals surface area contributed by atoms with Gasteiger partial charge in [0.25, 0.3) is 0 Å². The van der Waals surface area contributed by atoms with Crippen molar-refractivity contribution in [1.29, 1.82) is 5.41 Å². The van der Waals surface area contributed by atoms with E-state index < -0.39 is 0 Å². The molecule has 0 bridgehead atoms. The first kappa shape index (κ1) is 23.8. The predicted molar refractivity (Wildman–Crippen MR) is 119 cm³/mol. The maximum absolute atomic E-state index is 7.54. The standard InChI is InChI=1S/C11H14N4.C10H11N.ClH/c1-2-6-10(14-15-11(12)13)9-7-4-3-5-8-9;1-2-6-10(11)9-7-4-3-5-8-9;/h2-8H,1H3,(H4,12,13,15);2-8,11H,1H3;1H/b6-2+,14-10+;6-2+,11-10?;. The molecule has 0 aliphatic heterocycles. The van der Waals surface area contributed by atoms with E-state index in [1.54, 1.807) is 6.08 Å². The highest BCUT2D eigenvalue weighted by atomic mass is 35.5. The van der Waals surface area contributed by atoms with E-state index in [1.807, 2.05) is 92.7 Å². The third-order valence-corrected chi connectivity index (χ3v) is 3.09. The van der Waals surface area contributed by atoms with Gasteiger partial charge in [-0.1, -0.05) is 72.8 Å². The van der Waals surface area contributed by atoms with Crippen LogP contribution in [0, 0.1) is 5.41 Å². The molecule has 0 atom stereocenters. The summed E-state index contributed by atoms with van der Waals surface area (Å²) in [5.41, 5.74) is 13.7. The zero-order valence-corrected chi connectivity index (χ0v) is 16.4. The van der Waals surface area contributed by atoms with E-state index in [2.05, 4.69) is 10.2 Å². The summed E-state index contributed by atoms with van der Waals surface area (Å²) in [5, 5.41) is 15.1. The van der Waals surface area contributed by atoms with E-state index in [1.165, 1.54) is 0 Å². The molecule has 2 aromatic carbocycles. The molecule has 142 valence electrons. The van der Waals surface area contributed by atoms with Gasteiger partial charge in [0, 0.05) is 5.56 Å². The van der Waals surface area contributed by atoms with E-state index in [0.717, 1.165) is 16.8 Å². The van der Waals surface area contributed by atoms with E-state index >= 15 is 0 Å².